The quantitative estimate of drug-likeness (QED) is 0.0572. The van der Waals surface area contributed by atoms with E-state index in [-0.39, 0.29) is 73.8 Å². The fourth-order valence-corrected chi connectivity index (χ4v) is 8.66. The van der Waals surface area contributed by atoms with E-state index in [0.717, 1.165) is 15.6 Å². The number of aromatic nitrogens is 2. The maximum Gasteiger partial charge on any atom is 0.255 e. The minimum atomic E-state index is -0.728. The first-order valence-electron chi connectivity index (χ1n) is 23.1. The number of carbonyl (C=O) groups is 6. The van der Waals surface area contributed by atoms with Gasteiger partial charge < -0.3 is 49.6 Å². The number of imide groups is 1. The molecule has 0 aliphatic carbocycles. The van der Waals surface area contributed by atoms with Crippen molar-refractivity contribution in [3.8, 4) is 5.75 Å². The Morgan fingerprint density at radius 2 is 1.64 bits per heavy atom. The summed E-state index contributed by atoms with van der Waals surface area (Å²) in [6.07, 6.45) is 3.30. The van der Waals surface area contributed by atoms with E-state index in [1.165, 1.54) is 4.90 Å². The van der Waals surface area contributed by atoms with Gasteiger partial charge in [-0.3, -0.25) is 34.1 Å². The summed E-state index contributed by atoms with van der Waals surface area (Å²) in [6.45, 7) is 6.15. The van der Waals surface area contributed by atoms with Crippen LogP contribution in [-0.4, -0.2) is 136 Å². The van der Waals surface area contributed by atoms with Gasteiger partial charge in [0.25, 0.3) is 11.8 Å². The number of carbonyl (C=O) groups excluding carboxylic acids is 6. The van der Waals surface area contributed by atoms with E-state index in [0.29, 0.717) is 124 Å². The second kappa shape index (κ2) is 25.7. The van der Waals surface area contributed by atoms with Gasteiger partial charge in [0, 0.05) is 91.4 Å². The van der Waals surface area contributed by atoms with Crippen LogP contribution in [0.3, 0.4) is 0 Å². The van der Waals surface area contributed by atoms with E-state index in [4.69, 9.17) is 23.9 Å². The van der Waals surface area contributed by atoms with Gasteiger partial charge in [0.05, 0.1) is 52.9 Å². The molecule has 2 atom stereocenters. The Morgan fingerprint density at radius 3 is 2.36 bits per heavy atom. The van der Waals surface area contributed by atoms with E-state index in [9.17, 15) is 28.8 Å². The van der Waals surface area contributed by atoms with E-state index < -0.39 is 11.9 Å². The van der Waals surface area contributed by atoms with Gasteiger partial charge in [-0.1, -0.05) is 47.1 Å². The Balaban J connectivity index is 0.00000804. The number of nitrogens with one attached hydrogen (secondary N) is 4. The highest BCUT2D eigenvalue weighted by atomic mass is 79.9. The summed E-state index contributed by atoms with van der Waals surface area (Å²) in [7, 11) is 3.31. The first kappa shape index (κ1) is 53.3. The molecular weight excluding hydrogens is 990 g/mol. The molecule has 21 heteroatoms. The van der Waals surface area contributed by atoms with Crippen LogP contribution in [0.15, 0.2) is 71.3 Å². The van der Waals surface area contributed by atoms with Crippen LogP contribution in [0.25, 0.3) is 0 Å². The SMILES string of the molecule is CC[C@@H]1C(=O)N(C)c2cnc(Cc3ccc(C(=O)NCCOCCOCCOCCNCCC(=O)Nc4cccc5c4CN(C4CCC(=O)NC4=O)C5=O)cc3OC)nc2N1Cc1ccc(Br)cc1.Cl. The van der Waals surface area contributed by atoms with Crippen molar-refractivity contribution < 1.29 is 47.7 Å². The van der Waals surface area contributed by atoms with Gasteiger partial charge in [0.1, 0.15) is 29.3 Å². The number of anilines is 3. The first-order chi connectivity index (χ1) is 33.4. The summed E-state index contributed by atoms with van der Waals surface area (Å²) in [5, 5.41) is 11.2. The number of methoxy groups -OCH3 is 1. The third-order valence-electron chi connectivity index (χ3n) is 12.1. The molecule has 4 N–H and O–H groups in total. The van der Waals surface area contributed by atoms with Crippen molar-refractivity contribution in [1.82, 2.24) is 30.8 Å². The maximum atomic E-state index is 13.3. The van der Waals surface area contributed by atoms with Crippen LogP contribution in [0.4, 0.5) is 17.2 Å². The molecule has 1 saturated heterocycles. The average molecular weight is 1050 g/mol. The Labute approximate surface area is 421 Å². The van der Waals surface area contributed by atoms with Crippen LogP contribution < -0.4 is 35.8 Å². The van der Waals surface area contributed by atoms with Crippen LogP contribution in [0, 0.1) is 0 Å². The lowest BCUT2D eigenvalue weighted by molar-refractivity contribution is -0.137. The minimum absolute atomic E-state index is 0. The molecule has 1 aromatic heterocycles. The van der Waals surface area contributed by atoms with Gasteiger partial charge in [-0.15, -0.1) is 12.4 Å². The van der Waals surface area contributed by atoms with Gasteiger partial charge in [0.2, 0.25) is 23.6 Å². The smallest absolute Gasteiger partial charge is 0.255 e. The molecule has 4 aromatic rings. The monoisotopic (exact) mass is 1050 g/mol. The lowest BCUT2D eigenvalue weighted by atomic mass is 10.0. The summed E-state index contributed by atoms with van der Waals surface area (Å²) in [4.78, 5) is 90.8. The maximum absolute atomic E-state index is 13.3. The molecule has 3 aromatic carbocycles. The normalized spacial score (nSPS) is 16.4. The Morgan fingerprint density at radius 1 is 0.914 bits per heavy atom. The summed E-state index contributed by atoms with van der Waals surface area (Å²) >= 11 is 3.50. The predicted octanol–water partition coefficient (Wildman–Crippen LogP) is 4.18. The Kier molecular flexibility index (Phi) is 19.6. The lowest BCUT2D eigenvalue weighted by Gasteiger charge is -2.40. The van der Waals surface area contributed by atoms with Crippen molar-refractivity contribution in [2.24, 2.45) is 0 Å². The Hall–Kier alpha value is -6.03. The standard InChI is InChI=1S/C49H58BrN9O10.ClH/c1-4-38-49(65)57(2)40-28-53-42(55-45(40)58(38)29-31-8-12-34(50)13-9-31)27-32-10-11-33(26-41(32)66-3)46(62)52-19-21-68-23-25-69-24-22-67-20-18-51-17-16-44(61)54-37-7-5-6-35-36(37)30-59(48(35)64)39-14-15-43(60)56-47(39)63;/h5-13,26,28,38-39,51H,4,14-25,27,29-30H2,1-3H3,(H,52,62)(H,54,61)(H,56,60,63);1H/t38-,39?;/m1./s1. The molecule has 7 rings (SSSR count). The van der Waals surface area contributed by atoms with Gasteiger partial charge in [0.15, 0.2) is 5.82 Å². The molecule has 3 aliphatic heterocycles. The number of rotatable bonds is 24. The molecule has 1 fully saturated rings. The van der Waals surface area contributed by atoms with Crippen molar-refractivity contribution in [3.63, 3.8) is 0 Å². The van der Waals surface area contributed by atoms with Crippen molar-refractivity contribution in [2.45, 2.75) is 64.2 Å². The number of ether oxygens (including phenoxy) is 4. The molecule has 1 unspecified atom stereocenters. The number of hydrogen-bond donors (Lipinski definition) is 4. The predicted molar refractivity (Wildman–Crippen MR) is 266 cm³/mol. The molecular formula is C49H59BrClN9O10. The zero-order valence-corrected chi connectivity index (χ0v) is 41.8. The second-order valence-electron chi connectivity index (χ2n) is 16.6. The van der Waals surface area contributed by atoms with Crippen molar-refractivity contribution in [2.75, 3.05) is 88.5 Å². The van der Waals surface area contributed by atoms with Gasteiger partial charge in [-0.2, -0.15) is 0 Å². The van der Waals surface area contributed by atoms with E-state index >= 15 is 0 Å². The zero-order valence-electron chi connectivity index (χ0n) is 39.4. The number of nitrogens with zero attached hydrogens (tertiary/aromatic N) is 5. The number of piperidine rings is 1. The van der Waals surface area contributed by atoms with Crippen LogP contribution in [0.5, 0.6) is 5.75 Å². The van der Waals surface area contributed by atoms with Crippen LogP contribution in [0.2, 0.25) is 0 Å². The van der Waals surface area contributed by atoms with Gasteiger partial charge in [-0.05, 0) is 54.8 Å². The molecule has 70 heavy (non-hydrogen) atoms. The molecule has 0 radical (unpaired) electrons. The largest absolute Gasteiger partial charge is 0.496 e. The third kappa shape index (κ3) is 13.4. The highest BCUT2D eigenvalue weighted by molar-refractivity contribution is 9.10. The molecule has 4 heterocycles. The van der Waals surface area contributed by atoms with Crippen LogP contribution in [0.1, 0.15) is 75.8 Å². The topological polar surface area (TPSA) is 223 Å². The third-order valence-corrected chi connectivity index (χ3v) is 12.6. The number of amides is 6. The fourth-order valence-electron chi connectivity index (χ4n) is 8.39. The number of fused-ring (bicyclic) bond motifs is 2. The minimum Gasteiger partial charge on any atom is -0.496 e. The van der Waals surface area contributed by atoms with Crippen LogP contribution in [-0.2, 0) is 52.9 Å². The zero-order chi connectivity index (χ0) is 48.9. The lowest BCUT2D eigenvalue weighted by Crippen LogP contribution is -2.52. The number of halogens is 2. The van der Waals surface area contributed by atoms with E-state index in [1.54, 1.807) is 55.6 Å². The van der Waals surface area contributed by atoms with Crippen molar-refractivity contribution in [3.05, 3.63) is 105 Å². The molecule has 19 nitrogen and oxygen atoms in total. The molecule has 374 valence electrons. The average Bonchev–Trinajstić information content (AvgIpc) is 3.68. The molecule has 0 saturated carbocycles. The Bertz CT molecular complexity index is 2520. The van der Waals surface area contributed by atoms with E-state index in [1.807, 2.05) is 37.3 Å². The van der Waals surface area contributed by atoms with Crippen LogP contribution >= 0.6 is 28.3 Å². The summed E-state index contributed by atoms with van der Waals surface area (Å²) < 4.78 is 23.5. The molecule has 0 bridgehead atoms. The van der Waals surface area contributed by atoms with Gasteiger partial charge in [-0.25, -0.2) is 9.97 Å². The number of benzene rings is 3. The van der Waals surface area contributed by atoms with E-state index in [2.05, 4.69) is 47.1 Å². The molecule has 3 aliphatic rings. The molecule has 0 spiro atoms. The number of likely N-dealkylation sites (N-methyl/N-ethyl adjacent to an activating group) is 1. The fraction of sp³-hybridized carbons (Fsp3) is 0.429. The molecule has 6 amide bonds. The first-order valence-corrected chi connectivity index (χ1v) is 23.8. The highest BCUT2D eigenvalue weighted by Gasteiger charge is 2.40. The summed E-state index contributed by atoms with van der Waals surface area (Å²) in [5.74, 6) is 0.154. The van der Waals surface area contributed by atoms with Crippen molar-refractivity contribution in [1.29, 1.82) is 0 Å². The number of hydrogen-bond acceptors (Lipinski definition) is 14. The summed E-state index contributed by atoms with van der Waals surface area (Å²) in [6, 6.07) is 17.3. The van der Waals surface area contributed by atoms with Crippen molar-refractivity contribution >= 4 is 81.0 Å². The second-order valence-corrected chi connectivity index (χ2v) is 17.6. The highest BCUT2D eigenvalue weighted by Crippen LogP contribution is 2.36. The van der Waals surface area contributed by atoms with Gasteiger partial charge >= 0.3 is 0 Å². The summed E-state index contributed by atoms with van der Waals surface area (Å²) in [5.41, 5.74) is 4.55.